The number of aryl methyl sites for hydroxylation is 1. The third-order valence-corrected chi connectivity index (χ3v) is 4.59. The Kier molecular flexibility index (Phi) is 4.64. The van der Waals surface area contributed by atoms with Crippen molar-refractivity contribution in [1.82, 2.24) is 15.0 Å². The minimum absolute atomic E-state index is 0.450. The van der Waals surface area contributed by atoms with Crippen LogP contribution in [0.2, 0.25) is 0 Å². The lowest BCUT2D eigenvalue weighted by molar-refractivity contribution is 0.100. The number of nitrogens with zero attached hydrogens (tertiary/aromatic N) is 3. The molecular formula is C23H18N4O. The number of benzene rings is 2. The monoisotopic (exact) mass is 366 g/mol. The van der Waals surface area contributed by atoms with Gasteiger partial charge in [-0.15, -0.1) is 0 Å². The molecule has 0 saturated heterocycles. The number of aromatic nitrogens is 3. The van der Waals surface area contributed by atoms with Crippen molar-refractivity contribution in [2.24, 2.45) is 5.73 Å². The summed E-state index contributed by atoms with van der Waals surface area (Å²) in [5.41, 5.74) is 11.5. The zero-order chi connectivity index (χ0) is 19.5. The Labute approximate surface area is 162 Å². The molecule has 2 aromatic heterocycles. The fourth-order valence-corrected chi connectivity index (χ4v) is 3.14. The second-order valence-corrected chi connectivity index (χ2v) is 6.45. The molecule has 0 fully saturated rings. The Hall–Kier alpha value is -3.86. The van der Waals surface area contributed by atoms with Gasteiger partial charge in [-0.05, 0) is 53.9 Å². The summed E-state index contributed by atoms with van der Waals surface area (Å²) in [7, 11) is 0. The second kappa shape index (κ2) is 7.40. The van der Waals surface area contributed by atoms with E-state index in [1.165, 1.54) is 0 Å². The highest BCUT2D eigenvalue weighted by atomic mass is 16.1. The van der Waals surface area contributed by atoms with E-state index >= 15 is 0 Å². The van der Waals surface area contributed by atoms with Crippen molar-refractivity contribution in [2.75, 3.05) is 0 Å². The number of carbonyl (C=O) groups is 1. The molecule has 0 aliphatic carbocycles. The third-order valence-electron chi connectivity index (χ3n) is 4.59. The second-order valence-electron chi connectivity index (χ2n) is 6.45. The predicted octanol–water partition coefficient (Wildman–Crippen LogP) is 4.28. The lowest BCUT2D eigenvalue weighted by atomic mass is 9.93. The van der Waals surface area contributed by atoms with Crippen LogP contribution in [0.5, 0.6) is 0 Å². The molecule has 4 aromatic rings. The molecule has 0 atom stereocenters. The van der Waals surface area contributed by atoms with Gasteiger partial charge in [-0.3, -0.25) is 9.78 Å². The highest BCUT2D eigenvalue weighted by molar-refractivity contribution is 5.95. The average molecular weight is 366 g/mol. The van der Waals surface area contributed by atoms with Gasteiger partial charge in [0.25, 0.3) is 0 Å². The summed E-state index contributed by atoms with van der Waals surface area (Å²) in [5.74, 6) is 0.161. The van der Waals surface area contributed by atoms with Crippen LogP contribution >= 0.6 is 0 Å². The Bertz CT molecular complexity index is 1160. The van der Waals surface area contributed by atoms with Gasteiger partial charge in [-0.1, -0.05) is 30.3 Å². The van der Waals surface area contributed by atoms with Gasteiger partial charge in [-0.25, -0.2) is 9.97 Å². The normalized spacial score (nSPS) is 10.6. The van der Waals surface area contributed by atoms with Crippen molar-refractivity contribution < 1.29 is 4.79 Å². The van der Waals surface area contributed by atoms with Crippen LogP contribution in [0.4, 0.5) is 0 Å². The van der Waals surface area contributed by atoms with Crippen molar-refractivity contribution in [3.63, 3.8) is 0 Å². The van der Waals surface area contributed by atoms with Gasteiger partial charge in [0.15, 0.2) is 5.82 Å². The van der Waals surface area contributed by atoms with Gasteiger partial charge in [-0.2, -0.15) is 0 Å². The highest BCUT2D eigenvalue weighted by Crippen LogP contribution is 2.33. The SMILES string of the molecule is Cc1ccc(C(N)=O)cc1-c1ccccc1-c1nccc(-c2cccnc2)n1. The Morgan fingerprint density at radius 1 is 0.893 bits per heavy atom. The number of pyridine rings is 1. The first kappa shape index (κ1) is 17.5. The molecular weight excluding hydrogens is 348 g/mol. The molecule has 0 spiro atoms. The van der Waals surface area contributed by atoms with Crippen molar-refractivity contribution in [2.45, 2.75) is 6.92 Å². The van der Waals surface area contributed by atoms with E-state index in [9.17, 15) is 4.79 Å². The molecule has 0 radical (unpaired) electrons. The first-order valence-corrected chi connectivity index (χ1v) is 8.87. The van der Waals surface area contributed by atoms with Gasteiger partial charge < -0.3 is 5.73 Å². The first-order valence-electron chi connectivity index (χ1n) is 8.87. The molecule has 0 aliphatic heterocycles. The van der Waals surface area contributed by atoms with E-state index in [2.05, 4.69) is 9.97 Å². The zero-order valence-corrected chi connectivity index (χ0v) is 15.3. The maximum absolute atomic E-state index is 11.6. The van der Waals surface area contributed by atoms with E-state index < -0.39 is 5.91 Å². The average Bonchev–Trinajstić information content (AvgIpc) is 2.75. The summed E-state index contributed by atoms with van der Waals surface area (Å²) >= 11 is 0. The van der Waals surface area contributed by atoms with E-state index in [1.807, 2.05) is 61.5 Å². The molecule has 0 saturated carbocycles. The summed E-state index contributed by atoms with van der Waals surface area (Å²) < 4.78 is 0. The van der Waals surface area contributed by atoms with Crippen LogP contribution in [0.1, 0.15) is 15.9 Å². The zero-order valence-electron chi connectivity index (χ0n) is 15.3. The van der Waals surface area contributed by atoms with E-state index in [1.54, 1.807) is 24.7 Å². The Morgan fingerprint density at radius 3 is 2.46 bits per heavy atom. The summed E-state index contributed by atoms with van der Waals surface area (Å²) in [5, 5.41) is 0. The minimum atomic E-state index is -0.450. The van der Waals surface area contributed by atoms with Crippen LogP contribution in [0.25, 0.3) is 33.8 Å². The number of carbonyl (C=O) groups excluding carboxylic acids is 1. The summed E-state index contributed by atoms with van der Waals surface area (Å²) in [6.45, 7) is 2.00. The van der Waals surface area contributed by atoms with E-state index in [0.717, 1.165) is 33.5 Å². The van der Waals surface area contributed by atoms with Gasteiger partial charge in [0.1, 0.15) is 0 Å². The Balaban J connectivity index is 1.86. The molecule has 1 amide bonds. The molecule has 28 heavy (non-hydrogen) atoms. The number of hydrogen-bond acceptors (Lipinski definition) is 4. The van der Waals surface area contributed by atoms with Gasteiger partial charge >= 0.3 is 0 Å². The molecule has 2 N–H and O–H groups in total. The fourth-order valence-electron chi connectivity index (χ4n) is 3.14. The highest BCUT2D eigenvalue weighted by Gasteiger charge is 2.14. The number of primary amides is 1. The lowest BCUT2D eigenvalue weighted by Gasteiger charge is -2.13. The summed E-state index contributed by atoms with van der Waals surface area (Å²) in [6.07, 6.45) is 5.25. The van der Waals surface area contributed by atoms with Crippen LogP contribution in [-0.2, 0) is 0 Å². The molecule has 4 rings (SSSR count). The van der Waals surface area contributed by atoms with Gasteiger partial charge in [0.2, 0.25) is 5.91 Å². The van der Waals surface area contributed by atoms with Gasteiger partial charge in [0, 0.05) is 35.3 Å². The molecule has 0 bridgehead atoms. The molecule has 2 heterocycles. The maximum Gasteiger partial charge on any atom is 0.248 e. The smallest absolute Gasteiger partial charge is 0.248 e. The Morgan fingerprint density at radius 2 is 1.71 bits per heavy atom. The van der Waals surface area contributed by atoms with Crippen LogP contribution in [-0.4, -0.2) is 20.9 Å². The number of hydrogen-bond donors (Lipinski definition) is 1. The molecule has 2 aromatic carbocycles. The van der Waals surface area contributed by atoms with Crippen LogP contribution in [0.3, 0.4) is 0 Å². The summed E-state index contributed by atoms with van der Waals surface area (Å²) in [4.78, 5) is 25.0. The fraction of sp³-hybridized carbons (Fsp3) is 0.0435. The van der Waals surface area contributed by atoms with E-state index in [-0.39, 0.29) is 0 Å². The van der Waals surface area contributed by atoms with Crippen molar-refractivity contribution in [1.29, 1.82) is 0 Å². The topological polar surface area (TPSA) is 81.8 Å². The number of amides is 1. The maximum atomic E-state index is 11.6. The first-order chi connectivity index (χ1) is 13.6. The van der Waals surface area contributed by atoms with Crippen molar-refractivity contribution >= 4 is 5.91 Å². The molecule has 0 aliphatic rings. The number of rotatable bonds is 4. The summed E-state index contributed by atoms with van der Waals surface area (Å²) in [6, 6.07) is 19.1. The standard InChI is InChI=1S/C23H18N4O/c1-15-8-9-16(22(24)28)13-20(15)18-6-2-3-7-19(18)23-26-12-10-21(27-23)17-5-4-11-25-14-17/h2-14H,1H3,(H2,24,28). The molecule has 136 valence electrons. The van der Waals surface area contributed by atoms with Gasteiger partial charge in [0.05, 0.1) is 5.69 Å². The minimum Gasteiger partial charge on any atom is -0.366 e. The van der Waals surface area contributed by atoms with Crippen molar-refractivity contribution in [3.8, 4) is 33.8 Å². The largest absolute Gasteiger partial charge is 0.366 e. The predicted molar refractivity (Wildman–Crippen MR) is 109 cm³/mol. The third kappa shape index (κ3) is 3.38. The van der Waals surface area contributed by atoms with Crippen LogP contribution in [0, 0.1) is 6.92 Å². The molecule has 5 heteroatoms. The quantitative estimate of drug-likeness (QED) is 0.584. The van der Waals surface area contributed by atoms with Crippen molar-refractivity contribution in [3.05, 3.63) is 90.4 Å². The molecule has 0 unspecified atom stereocenters. The van der Waals surface area contributed by atoms with Crippen LogP contribution < -0.4 is 5.73 Å². The lowest BCUT2D eigenvalue weighted by Crippen LogP contribution is -2.11. The van der Waals surface area contributed by atoms with E-state index in [0.29, 0.717) is 11.4 Å². The number of nitrogens with two attached hydrogens (primary N) is 1. The molecule has 5 nitrogen and oxygen atoms in total. The van der Waals surface area contributed by atoms with Crippen LogP contribution in [0.15, 0.2) is 79.3 Å². The van der Waals surface area contributed by atoms with E-state index in [4.69, 9.17) is 10.7 Å².